The standard InChI is InChI=1S/C37H51N7O17/c1-59-22-19-38-16-7-25(45)28(48)31(38)41(34(51)52)13-4-10-37(44(57)58,11-5-14-42(35(53)54)32-29(49)26(46)8-17-39(32)20-23-60-2)12-6-15-43(36(55)56)33-30(50)27(47)9-18-40(33)21-24-61-3/h7-9,16-18,48-50H,4-6,10-15,19-24H2,1-3H3,(H,51,52)(H,53,54)(H,55,56). The van der Waals surface area contributed by atoms with Crippen LogP contribution in [0.25, 0.3) is 0 Å². The summed E-state index contributed by atoms with van der Waals surface area (Å²) in [4.78, 5) is 89.4. The van der Waals surface area contributed by atoms with Crippen LogP contribution in [0.2, 0.25) is 0 Å². The van der Waals surface area contributed by atoms with E-state index in [-0.39, 0.29) is 58.7 Å². The molecule has 0 radical (unpaired) electrons. The van der Waals surface area contributed by atoms with E-state index in [4.69, 9.17) is 14.2 Å². The SMILES string of the molecule is COCCn1ccc(=O)c(O)c1N(CCCC(CCCN(C(=O)O)c1c(O)c(=O)ccn1CCOC)(CCCN(C(=O)O)c1c(O)c(=O)ccn1CCOC)[N+](=O)[O-])C(=O)O. The second kappa shape index (κ2) is 22.6. The monoisotopic (exact) mass is 865 g/mol. The Hall–Kier alpha value is -6.66. The molecule has 61 heavy (non-hydrogen) atoms. The van der Waals surface area contributed by atoms with Gasteiger partial charge in [0.25, 0.3) is 0 Å². The number of carboxylic acid groups (broad SMARTS) is 3. The van der Waals surface area contributed by atoms with Crippen molar-refractivity contribution in [2.24, 2.45) is 0 Å². The summed E-state index contributed by atoms with van der Waals surface area (Å²) in [6, 6.07) is 3.06. The van der Waals surface area contributed by atoms with Crippen LogP contribution in [0.5, 0.6) is 17.2 Å². The Morgan fingerprint density at radius 3 is 1.07 bits per heavy atom. The third-order valence-electron chi connectivity index (χ3n) is 9.90. The largest absolute Gasteiger partial charge is 0.502 e. The average Bonchev–Trinajstić information content (AvgIpc) is 3.21. The Balaban J connectivity index is 2.04. The fourth-order valence-electron chi connectivity index (χ4n) is 6.84. The van der Waals surface area contributed by atoms with Gasteiger partial charge in [0.15, 0.2) is 17.5 Å². The van der Waals surface area contributed by atoms with Crippen molar-refractivity contribution in [2.75, 3.05) is 75.5 Å². The second-order valence-corrected chi connectivity index (χ2v) is 13.7. The Kier molecular flexibility index (Phi) is 18.1. The average molecular weight is 866 g/mol. The van der Waals surface area contributed by atoms with E-state index in [0.29, 0.717) is 14.7 Å². The predicted octanol–water partition coefficient (Wildman–Crippen LogP) is 2.44. The van der Waals surface area contributed by atoms with E-state index < -0.39 is 119 Å². The smallest absolute Gasteiger partial charge is 0.413 e. The molecule has 0 saturated carbocycles. The Bertz CT molecular complexity index is 1960. The molecule has 0 aliphatic heterocycles. The molecular weight excluding hydrogens is 814 g/mol. The van der Waals surface area contributed by atoms with Gasteiger partial charge in [0.2, 0.25) is 39.1 Å². The van der Waals surface area contributed by atoms with Gasteiger partial charge < -0.3 is 58.6 Å². The summed E-state index contributed by atoms with van der Waals surface area (Å²) in [7, 11) is 4.14. The molecule has 3 heterocycles. The number of nitrogens with zero attached hydrogens (tertiary/aromatic N) is 7. The molecule has 0 saturated heterocycles. The molecule has 0 bridgehead atoms. The number of carbonyl (C=O) groups is 3. The lowest BCUT2D eigenvalue weighted by Crippen LogP contribution is -2.43. The fraction of sp³-hybridized carbons (Fsp3) is 0.514. The molecule has 24 nitrogen and oxygen atoms in total. The summed E-state index contributed by atoms with van der Waals surface area (Å²) in [5.41, 5.74) is -4.71. The number of hydrogen-bond acceptors (Lipinski definition) is 14. The van der Waals surface area contributed by atoms with Crippen LogP contribution in [0.1, 0.15) is 38.5 Å². The molecular formula is C37H51N7O17. The van der Waals surface area contributed by atoms with Crippen molar-refractivity contribution in [3.8, 4) is 17.2 Å². The Morgan fingerprint density at radius 1 is 0.590 bits per heavy atom. The number of hydrogen-bond donors (Lipinski definition) is 6. The molecule has 0 spiro atoms. The molecule has 24 heteroatoms. The van der Waals surface area contributed by atoms with Gasteiger partial charge in [-0.3, -0.25) is 39.2 Å². The minimum absolute atomic E-state index is 0.00892. The van der Waals surface area contributed by atoms with Gasteiger partial charge in [0.05, 0.1) is 19.8 Å². The Labute approximate surface area is 347 Å². The van der Waals surface area contributed by atoms with Gasteiger partial charge in [-0.05, 0) is 19.3 Å². The minimum Gasteiger partial charge on any atom is -0.502 e. The third-order valence-corrected chi connectivity index (χ3v) is 9.90. The van der Waals surface area contributed by atoms with Crippen molar-refractivity contribution in [3.63, 3.8) is 0 Å². The number of aromatic nitrogens is 3. The van der Waals surface area contributed by atoms with Gasteiger partial charge in [-0.25, -0.2) is 14.4 Å². The zero-order valence-electron chi connectivity index (χ0n) is 33.9. The fourth-order valence-corrected chi connectivity index (χ4v) is 6.84. The quantitative estimate of drug-likeness (QED) is 0.0526. The molecule has 0 fully saturated rings. The first-order valence-corrected chi connectivity index (χ1v) is 18.9. The highest BCUT2D eigenvalue weighted by molar-refractivity contribution is 5.88. The van der Waals surface area contributed by atoms with Crippen molar-refractivity contribution < 1.29 is 64.2 Å². The lowest BCUT2D eigenvalue weighted by molar-refractivity contribution is -0.574. The molecule has 0 aliphatic rings. The number of ether oxygens (including phenoxy) is 3. The maximum absolute atomic E-state index is 13.2. The number of aromatic hydroxyl groups is 3. The van der Waals surface area contributed by atoms with Crippen molar-refractivity contribution in [3.05, 3.63) is 77.6 Å². The Morgan fingerprint density at radius 2 is 0.852 bits per heavy atom. The topological polar surface area (TPSA) is 319 Å². The molecule has 336 valence electrons. The van der Waals surface area contributed by atoms with Gasteiger partial charge in [-0.2, -0.15) is 0 Å². The van der Waals surface area contributed by atoms with Crippen molar-refractivity contribution in [2.45, 2.75) is 63.7 Å². The first-order chi connectivity index (χ1) is 29.0. The lowest BCUT2D eigenvalue weighted by atomic mass is 9.84. The van der Waals surface area contributed by atoms with Crippen LogP contribution in [0.15, 0.2) is 51.2 Å². The highest BCUT2D eigenvalue weighted by atomic mass is 16.6. The van der Waals surface area contributed by atoms with Crippen LogP contribution >= 0.6 is 0 Å². The van der Waals surface area contributed by atoms with E-state index in [0.717, 1.165) is 18.2 Å². The van der Waals surface area contributed by atoms with Gasteiger partial charge in [0.1, 0.15) is 0 Å². The van der Waals surface area contributed by atoms with Gasteiger partial charge in [-0.15, -0.1) is 0 Å². The summed E-state index contributed by atoms with van der Waals surface area (Å²) < 4.78 is 18.9. The summed E-state index contributed by atoms with van der Waals surface area (Å²) in [6.07, 6.45) is -3.19. The highest BCUT2D eigenvalue weighted by Gasteiger charge is 2.42. The van der Waals surface area contributed by atoms with Gasteiger partial charge in [-0.1, -0.05) is 0 Å². The number of pyridine rings is 3. The molecule has 3 rings (SSSR count). The van der Waals surface area contributed by atoms with Crippen LogP contribution in [0.4, 0.5) is 31.8 Å². The van der Waals surface area contributed by atoms with Gasteiger partial charge >= 0.3 is 18.3 Å². The maximum Gasteiger partial charge on any atom is 0.413 e. The van der Waals surface area contributed by atoms with Gasteiger partial charge in [0, 0.05) is 122 Å². The van der Waals surface area contributed by atoms with E-state index in [1.165, 1.54) is 53.6 Å². The van der Waals surface area contributed by atoms with Crippen LogP contribution in [0, 0.1) is 10.1 Å². The molecule has 0 aromatic carbocycles. The highest BCUT2D eigenvalue weighted by Crippen LogP contribution is 2.33. The number of rotatable bonds is 25. The predicted molar refractivity (Wildman–Crippen MR) is 216 cm³/mol. The normalized spacial score (nSPS) is 11.3. The number of nitro groups is 1. The van der Waals surface area contributed by atoms with Crippen molar-refractivity contribution in [1.29, 1.82) is 0 Å². The van der Waals surface area contributed by atoms with E-state index in [2.05, 4.69) is 0 Å². The summed E-state index contributed by atoms with van der Waals surface area (Å²) in [5.74, 6) is -3.94. The molecule has 6 N–H and O–H groups in total. The number of anilines is 3. The third kappa shape index (κ3) is 12.2. The first kappa shape index (κ1) is 48.7. The van der Waals surface area contributed by atoms with E-state index in [1.807, 2.05) is 0 Å². The molecule has 0 atom stereocenters. The number of methoxy groups -OCH3 is 3. The first-order valence-electron chi connectivity index (χ1n) is 18.9. The molecule has 0 aliphatic carbocycles. The minimum atomic E-state index is -2.03. The second-order valence-electron chi connectivity index (χ2n) is 13.7. The molecule has 0 unspecified atom stereocenters. The molecule has 3 aromatic heterocycles. The molecule has 3 aromatic rings. The van der Waals surface area contributed by atoms with E-state index in [9.17, 15) is 69.5 Å². The van der Waals surface area contributed by atoms with E-state index in [1.54, 1.807) is 0 Å². The zero-order valence-corrected chi connectivity index (χ0v) is 33.9. The van der Waals surface area contributed by atoms with Crippen molar-refractivity contribution >= 4 is 35.7 Å². The van der Waals surface area contributed by atoms with Crippen LogP contribution < -0.4 is 31.0 Å². The zero-order chi connectivity index (χ0) is 45.4. The summed E-state index contributed by atoms with van der Waals surface area (Å²) in [6.45, 7) is -1.29. The lowest BCUT2D eigenvalue weighted by Gasteiger charge is -2.30. The number of amides is 3. The van der Waals surface area contributed by atoms with Crippen LogP contribution in [-0.4, -0.2) is 134 Å². The van der Waals surface area contributed by atoms with Crippen LogP contribution in [-0.2, 0) is 33.8 Å². The summed E-state index contributed by atoms with van der Waals surface area (Å²) >= 11 is 0. The maximum atomic E-state index is 13.2. The van der Waals surface area contributed by atoms with E-state index >= 15 is 0 Å². The molecule has 3 amide bonds. The summed E-state index contributed by atoms with van der Waals surface area (Å²) in [5, 5.41) is 75.8. The van der Waals surface area contributed by atoms with Crippen molar-refractivity contribution in [1.82, 2.24) is 13.7 Å². The van der Waals surface area contributed by atoms with Crippen LogP contribution in [0.3, 0.4) is 0 Å².